The molecule has 1 atom stereocenters. The maximum atomic E-state index is 12.3. The molecule has 3 nitrogen and oxygen atoms in total. The summed E-state index contributed by atoms with van der Waals surface area (Å²) in [6.45, 7) is 0. The number of hydrogen-bond acceptors (Lipinski definition) is 3. The van der Waals surface area contributed by atoms with Gasteiger partial charge in [-0.15, -0.1) is 25.6 Å². The molecule has 0 fully saturated rings. The van der Waals surface area contributed by atoms with Gasteiger partial charge < -0.3 is 15.2 Å². The van der Waals surface area contributed by atoms with Crippen molar-refractivity contribution in [2.45, 2.75) is 12.4 Å². The van der Waals surface area contributed by atoms with Crippen molar-refractivity contribution in [1.82, 2.24) is 0 Å². The SMILES string of the molecule is COc1ccc2ccccc2c1[C@@H](N)c1ccc(OC(F)(F)F)cc1.Cl. The largest absolute Gasteiger partial charge is 0.573 e. The molecule has 138 valence electrons. The van der Waals surface area contributed by atoms with Gasteiger partial charge in [-0.25, -0.2) is 0 Å². The number of alkyl halides is 3. The van der Waals surface area contributed by atoms with Crippen molar-refractivity contribution in [3.8, 4) is 11.5 Å². The summed E-state index contributed by atoms with van der Waals surface area (Å²) >= 11 is 0. The Hall–Kier alpha value is -2.44. The Morgan fingerprint density at radius 1 is 0.923 bits per heavy atom. The number of ether oxygens (including phenoxy) is 2. The molecular formula is C19H17ClF3NO2. The fraction of sp³-hybridized carbons (Fsp3) is 0.158. The van der Waals surface area contributed by atoms with Crippen LogP contribution in [-0.4, -0.2) is 13.5 Å². The van der Waals surface area contributed by atoms with Crippen LogP contribution >= 0.6 is 12.4 Å². The van der Waals surface area contributed by atoms with Crippen molar-refractivity contribution in [2.24, 2.45) is 5.73 Å². The first-order valence-electron chi connectivity index (χ1n) is 7.56. The van der Waals surface area contributed by atoms with Crippen LogP contribution in [0.5, 0.6) is 11.5 Å². The summed E-state index contributed by atoms with van der Waals surface area (Å²) in [5.41, 5.74) is 7.83. The molecule has 3 aromatic carbocycles. The number of fused-ring (bicyclic) bond motifs is 1. The minimum Gasteiger partial charge on any atom is -0.496 e. The van der Waals surface area contributed by atoms with E-state index in [4.69, 9.17) is 10.5 Å². The number of methoxy groups -OCH3 is 1. The zero-order valence-electron chi connectivity index (χ0n) is 13.8. The van der Waals surface area contributed by atoms with Gasteiger partial charge in [0.2, 0.25) is 0 Å². The number of benzene rings is 3. The first-order valence-corrected chi connectivity index (χ1v) is 7.56. The zero-order valence-corrected chi connectivity index (χ0v) is 14.6. The van der Waals surface area contributed by atoms with Crippen LogP contribution in [0.1, 0.15) is 17.2 Å². The molecule has 3 aromatic rings. The third-order valence-corrected chi connectivity index (χ3v) is 3.93. The number of rotatable bonds is 4. The lowest BCUT2D eigenvalue weighted by Gasteiger charge is -2.19. The Morgan fingerprint density at radius 3 is 2.19 bits per heavy atom. The number of nitrogens with two attached hydrogens (primary N) is 1. The highest BCUT2D eigenvalue weighted by Crippen LogP contribution is 2.35. The highest BCUT2D eigenvalue weighted by Gasteiger charge is 2.31. The predicted octanol–water partition coefficient (Wildman–Crippen LogP) is 5.22. The van der Waals surface area contributed by atoms with E-state index in [1.807, 2.05) is 36.4 Å². The molecule has 7 heteroatoms. The summed E-state index contributed by atoms with van der Waals surface area (Å²) in [5, 5.41) is 1.94. The average Bonchev–Trinajstić information content (AvgIpc) is 2.59. The second-order valence-electron chi connectivity index (χ2n) is 5.50. The third kappa shape index (κ3) is 4.20. The Labute approximate surface area is 154 Å². The van der Waals surface area contributed by atoms with Crippen molar-refractivity contribution < 1.29 is 22.6 Å². The van der Waals surface area contributed by atoms with E-state index in [0.717, 1.165) is 16.3 Å². The Morgan fingerprint density at radius 2 is 1.58 bits per heavy atom. The van der Waals surface area contributed by atoms with Crippen LogP contribution in [0.3, 0.4) is 0 Å². The maximum absolute atomic E-state index is 12.3. The fourth-order valence-corrected chi connectivity index (χ4v) is 2.82. The molecule has 26 heavy (non-hydrogen) atoms. The lowest BCUT2D eigenvalue weighted by atomic mass is 9.93. The molecule has 0 aromatic heterocycles. The second kappa shape index (κ2) is 7.85. The molecule has 0 aliphatic carbocycles. The molecule has 0 aliphatic rings. The summed E-state index contributed by atoms with van der Waals surface area (Å²) in [6.07, 6.45) is -4.72. The normalized spacial score (nSPS) is 12.3. The smallest absolute Gasteiger partial charge is 0.496 e. The van der Waals surface area contributed by atoms with Crippen LogP contribution in [-0.2, 0) is 0 Å². The summed E-state index contributed by atoms with van der Waals surface area (Å²) in [4.78, 5) is 0. The molecule has 0 heterocycles. The van der Waals surface area contributed by atoms with Gasteiger partial charge in [0.05, 0.1) is 13.2 Å². The quantitative estimate of drug-likeness (QED) is 0.672. The Bertz CT molecular complexity index is 882. The van der Waals surface area contributed by atoms with Gasteiger partial charge >= 0.3 is 6.36 Å². The minimum atomic E-state index is -4.72. The van der Waals surface area contributed by atoms with Crippen LogP contribution in [0.15, 0.2) is 60.7 Å². The van der Waals surface area contributed by atoms with Gasteiger partial charge in [-0.1, -0.05) is 42.5 Å². The van der Waals surface area contributed by atoms with E-state index in [2.05, 4.69) is 4.74 Å². The molecule has 0 saturated heterocycles. The van der Waals surface area contributed by atoms with Crippen molar-refractivity contribution in [1.29, 1.82) is 0 Å². The standard InChI is InChI=1S/C19H16F3NO2.ClH/c1-24-16-11-8-12-4-2-3-5-15(12)17(16)18(23)13-6-9-14(10-7-13)25-19(20,21)22;/h2-11,18H,23H2,1H3;1H/t18-;/m0./s1. The monoisotopic (exact) mass is 383 g/mol. The van der Waals surface area contributed by atoms with Crippen molar-refractivity contribution in [3.63, 3.8) is 0 Å². The van der Waals surface area contributed by atoms with E-state index >= 15 is 0 Å². The van der Waals surface area contributed by atoms with Crippen molar-refractivity contribution in [3.05, 3.63) is 71.8 Å². The molecule has 0 unspecified atom stereocenters. The molecule has 2 N–H and O–H groups in total. The van der Waals surface area contributed by atoms with E-state index in [1.54, 1.807) is 7.11 Å². The summed E-state index contributed by atoms with van der Waals surface area (Å²) in [6, 6.07) is 16.5. The number of hydrogen-bond donors (Lipinski definition) is 1. The molecule has 0 saturated carbocycles. The Balaban J connectivity index is 0.00000243. The van der Waals surface area contributed by atoms with Crippen LogP contribution < -0.4 is 15.2 Å². The molecular weight excluding hydrogens is 367 g/mol. The van der Waals surface area contributed by atoms with Crippen molar-refractivity contribution >= 4 is 23.2 Å². The fourth-order valence-electron chi connectivity index (χ4n) is 2.82. The van der Waals surface area contributed by atoms with Crippen LogP contribution in [0.2, 0.25) is 0 Å². The molecule has 0 aliphatic heterocycles. The Kier molecular flexibility index (Phi) is 6.00. The van der Waals surface area contributed by atoms with E-state index in [9.17, 15) is 13.2 Å². The van der Waals surface area contributed by atoms with Gasteiger partial charge in [0.1, 0.15) is 11.5 Å². The summed E-state index contributed by atoms with van der Waals surface area (Å²) in [5.74, 6) is 0.343. The topological polar surface area (TPSA) is 44.5 Å². The molecule has 0 bridgehead atoms. The molecule has 0 spiro atoms. The van der Waals surface area contributed by atoms with E-state index in [-0.39, 0.29) is 18.2 Å². The van der Waals surface area contributed by atoms with Crippen LogP contribution in [0, 0.1) is 0 Å². The van der Waals surface area contributed by atoms with Gasteiger partial charge in [-0.2, -0.15) is 0 Å². The van der Waals surface area contributed by atoms with Crippen molar-refractivity contribution in [2.75, 3.05) is 7.11 Å². The highest BCUT2D eigenvalue weighted by atomic mass is 35.5. The first kappa shape index (κ1) is 19.9. The maximum Gasteiger partial charge on any atom is 0.573 e. The van der Waals surface area contributed by atoms with Gasteiger partial charge in [0.15, 0.2) is 0 Å². The van der Waals surface area contributed by atoms with Crippen LogP contribution in [0.25, 0.3) is 10.8 Å². The van der Waals surface area contributed by atoms with E-state index < -0.39 is 12.4 Å². The molecule has 0 radical (unpaired) electrons. The van der Waals surface area contributed by atoms with Crippen LogP contribution in [0.4, 0.5) is 13.2 Å². The zero-order chi connectivity index (χ0) is 18.0. The van der Waals surface area contributed by atoms with Gasteiger partial charge in [0.25, 0.3) is 0 Å². The predicted molar refractivity (Wildman–Crippen MR) is 96.9 cm³/mol. The summed E-state index contributed by atoms with van der Waals surface area (Å²) < 4.78 is 46.1. The lowest BCUT2D eigenvalue weighted by Crippen LogP contribution is -2.17. The van der Waals surface area contributed by atoms with E-state index in [0.29, 0.717) is 11.3 Å². The molecule has 3 rings (SSSR count). The highest BCUT2D eigenvalue weighted by molar-refractivity contribution is 5.88. The first-order chi connectivity index (χ1) is 11.9. The lowest BCUT2D eigenvalue weighted by molar-refractivity contribution is -0.274. The molecule has 0 amide bonds. The third-order valence-electron chi connectivity index (χ3n) is 3.93. The minimum absolute atomic E-state index is 0. The van der Waals surface area contributed by atoms with Gasteiger partial charge in [-0.05, 0) is 34.5 Å². The van der Waals surface area contributed by atoms with Gasteiger partial charge in [0, 0.05) is 5.56 Å². The van der Waals surface area contributed by atoms with E-state index in [1.165, 1.54) is 24.3 Å². The second-order valence-corrected chi connectivity index (χ2v) is 5.50. The summed E-state index contributed by atoms with van der Waals surface area (Å²) in [7, 11) is 1.56. The average molecular weight is 384 g/mol. The van der Waals surface area contributed by atoms with Gasteiger partial charge in [-0.3, -0.25) is 0 Å². The number of halogens is 4.